The molecule has 6 rings (SSSR count). The minimum absolute atomic E-state index is 0.852. The summed E-state index contributed by atoms with van der Waals surface area (Å²) in [7, 11) is 0. The van der Waals surface area contributed by atoms with Crippen LogP contribution in [-0.2, 0) is 6.42 Å². The number of fused-ring (bicyclic) bond motifs is 2. The van der Waals surface area contributed by atoms with Gasteiger partial charge in [0.25, 0.3) is 0 Å². The molecule has 0 amide bonds. The molecule has 1 saturated heterocycles. The highest BCUT2D eigenvalue weighted by Crippen LogP contribution is 2.32. The maximum Gasteiger partial charge on any atom is 0.162 e. The number of aromatic nitrogens is 4. The Kier molecular flexibility index (Phi) is 5.00. The Morgan fingerprint density at radius 3 is 2.55 bits per heavy atom. The predicted molar refractivity (Wildman–Crippen MR) is 134 cm³/mol. The third kappa shape index (κ3) is 3.52. The van der Waals surface area contributed by atoms with Crippen molar-refractivity contribution in [3.05, 3.63) is 78.9 Å². The van der Waals surface area contributed by atoms with Crippen LogP contribution in [0.1, 0.15) is 12.5 Å². The minimum Gasteiger partial charge on any atom is -0.369 e. The molecule has 0 atom stereocenters. The molecule has 164 valence electrons. The lowest BCUT2D eigenvalue weighted by Crippen LogP contribution is -2.43. The second kappa shape index (κ2) is 8.30. The fraction of sp³-hybridized carbons (Fsp3) is 0.222. The van der Waals surface area contributed by atoms with E-state index in [1.54, 1.807) is 0 Å². The largest absolute Gasteiger partial charge is 0.369 e. The average molecular weight is 435 g/mol. The van der Waals surface area contributed by atoms with Gasteiger partial charge < -0.3 is 10.2 Å². The van der Waals surface area contributed by atoms with Gasteiger partial charge in [-0.2, -0.15) is 5.10 Å². The van der Waals surface area contributed by atoms with E-state index in [-0.39, 0.29) is 0 Å². The summed E-state index contributed by atoms with van der Waals surface area (Å²) in [5, 5.41) is 9.18. The highest BCUT2D eigenvalue weighted by molar-refractivity contribution is 5.98. The van der Waals surface area contributed by atoms with Crippen molar-refractivity contribution in [3.8, 4) is 22.3 Å². The summed E-state index contributed by atoms with van der Waals surface area (Å²) in [5.41, 5.74) is 8.77. The van der Waals surface area contributed by atoms with Crippen LogP contribution in [0.15, 0.2) is 73.3 Å². The zero-order chi connectivity index (χ0) is 22.2. The number of para-hydroxylation sites is 1. The normalized spacial score (nSPS) is 14.3. The molecule has 2 aromatic carbocycles. The topological polar surface area (TPSA) is 58.4 Å². The van der Waals surface area contributed by atoms with Gasteiger partial charge in [-0.1, -0.05) is 37.3 Å². The summed E-state index contributed by atoms with van der Waals surface area (Å²) in [6.07, 6.45) is 8.76. The lowest BCUT2D eigenvalue weighted by atomic mass is 10.0. The average Bonchev–Trinajstić information content (AvgIpc) is 3.31. The van der Waals surface area contributed by atoms with Crippen LogP contribution in [0.4, 0.5) is 5.69 Å². The molecular weight excluding hydrogens is 408 g/mol. The highest BCUT2D eigenvalue weighted by Gasteiger charge is 2.14. The van der Waals surface area contributed by atoms with Gasteiger partial charge in [-0.05, 0) is 41.3 Å². The predicted octanol–water partition coefficient (Wildman–Crippen LogP) is 4.58. The Balaban J connectivity index is 1.36. The summed E-state index contributed by atoms with van der Waals surface area (Å²) in [4.78, 5) is 11.9. The number of rotatable bonds is 4. The second-order valence-electron chi connectivity index (χ2n) is 8.48. The first-order valence-corrected chi connectivity index (χ1v) is 11.6. The molecule has 6 nitrogen and oxygen atoms in total. The van der Waals surface area contributed by atoms with E-state index in [2.05, 4.69) is 82.0 Å². The van der Waals surface area contributed by atoms with Crippen LogP contribution in [0.5, 0.6) is 0 Å². The zero-order valence-corrected chi connectivity index (χ0v) is 18.7. The lowest BCUT2D eigenvalue weighted by Gasteiger charge is -2.29. The Labute approximate surface area is 192 Å². The number of anilines is 1. The van der Waals surface area contributed by atoms with Gasteiger partial charge in [0.2, 0.25) is 0 Å². The molecule has 0 spiro atoms. The van der Waals surface area contributed by atoms with Crippen LogP contribution in [0.2, 0.25) is 0 Å². The van der Waals surface area contributed by atoms with Crippen LogP contribution in [0.25, 0.3) is 38.8 Å². The number of nitrogens with zero attached hydrogens (tertiary/aromatic N) is 5. The number of benzene rings is 2. The maximum atomic E-state index is 4.82. The molecule has 1 fully saturated rings. The van der Waals surface area contributed by atoms with Gasteiger partial charge in [-0.3, -0.25) is 4.98 Å². The molecule has 4 heterocycles. The molecule has 0 saturated carbocycles. The smallest absolute Gasteiger partial charge is 0.162 e. The maximum absolute atomic E-state index is 4.82. The quantitative estimate of drug-likeness (QED) is 0.449. The van der Waals surface area contributed by atoms with E-state index in [0.29, 0.717) is 0 Å². The van der Waals surface area contributed by atoms with E-state index < -0.39 is 0 Å². The first kappa shape index (κ1) is 19.9. The number of aryl methyl sites for hydroxylation is 1. The number of nitrogens with one attached hydrogen (secondary N) is 1. The van der Waals surface area contributed by atoms with Gasteiger partial charge in [0.15, 0.2) is 5.65 Å². The Morgan fingerprint density at radius 2 is 1.73 bits per heavy atom. The number of hydrogen-bond donors (Lipinski definition) is 1. The number of pyridine rings is 1. The van der Waals surface area contributed by atoms with Crippen molar-refractivity contribution in [2.75, 3.05) is 31.1 Å². The van der Waals surface area contributed by atoms with Gasteiger partial charge in [-0.25, -0.2) is 9.50 Å². The summed E-state index contributed by atoms with van der Waals surface area (Å²) in [6, 6.07) is 17.2. The lowest BCUT2D eigenvalue weighted by molar-refractivity contribution is 0.589. The highest BCUT2D eigenvalue weighted by atomic mass is 15.2. The van der Waals surface area contributed by atoms with Crippen LogP contribution >= 0.6 is 0 Å². The Hall–Kier alpha value is -3.77. The molecule has 0 bridgehead atoms. The monoisotopic (exact) mass is 434 g/mol. The third-order valence-electron chi connectivity index (χ3n) is 6.56. The van der Waals surface area contributed by atoms with Crippen LogP contribution < -0.4 is 10.2 Å². The van der Waals surface area contributed by atoms with Gasteiger partial charge in [0.05, 0.1) is 11.7 Å². The first-order chi connectivity index (χ1) is 16.3. The SMILES string of the molecule is CCc1cccc2c(-c3cnn4cc(-c5ccc(N6CCNCC6)cc5)cnc34)ccnc12. The van der Waals surface area contributed by atoms with Crippen molar-refractivity contribution in [1.82, 2.24) is 24.9 Å². The third-order valence-corrected chi connectivity index (χ3v) is 6.56. The molecule has 5 aromatic rings. The fourth-order valence-corrected chi connectivity index (χ4v) is 4.76. The Bertz CT molecular complexity index is 1430. The molecule has 1 aliphatic heterocycles. The van der Waals surface area contributed by atoms with E-state index in [0.717, 1.165) is 71.4 Å². The summed E-state index contributed by atoms with van der Waals surface area (Å²) < 4.78 is 1.88. The van der Waals surface area contributed by atoms with E-state index >= 15 is 0 Å². The standard InChI is InChI=1S/C27H26N6/c1-2-19-4-3-5-24-23(10-11-29-26(19)24)25-17-31-33-18-21(16-30-27(25)33)20-6-8-22(9-7-20)32-14-12-28-13-15-32/h3-11,16-18,28H,2,12-15H2,1H3. The second-order valence-corrected chi connectivity index (χ2v) is 8.48. The molecule has 0 radical (unpaired) electrons. The fourth-order valence-electron chi connectivity index (χ4n) is 4.76. The molecule has 3 aromatic heterocycles. The van der Waals surface area contributed by atoms with E-state index in [9.17, 15) is 0 Å². The van der Waals surface area contributed by atoms with Gasteiger partial charge >= 0.3 is 0 Å². The summed E-state index contributed by atoms with van der Waals surface area (Å²) in [6.45, 7) is 6.34. The molecule has 6 heteroatoms. The van der Waals surface area contributed by atoms with Crippen molar-refractivity contribution in [1.29, 1.82) is 0 Å². The van der Waals surface area contributed by atoms with Crippen molar-refractivity contribution < 1.29 is 0 Å². The van der Waals surface area contributed by atoms with Crippen LogP contribution in [0.3, 0.4) is 0 Å². The first-order valence-electron chi connectivity index (χ1n) is 11.6. The minimum atomic E-state index is 0.852. The summed E-state index contributed by atoms with van der Waals surface area (Å²) >= 11 is 0. The molecule has 0 unspecified atom stereocenters. The molecule has 1 N–H and O–H groups in total. The van der Waals surface area contributed by atoms with E-state index in [4.69, 9.17) is 4.98 Å². The molecule has 0 aliphatic carbocycles. The van der Waals surface area contributed by atoms with Gasteiger partial charge in [0, 0.05) is 67.0 Å². The van der Waals surface area contributed by atoms with Gasteiger partial charge in [-0.15, -0.1) is 0 Å². The molecule has 1 aliphatic rings. The van der Waals surface area contributed by atoms with Crippen molar-refractivity contribution in [3.63, 3.8) is 0 Å². The zero-order valence-electron chi connectivity index (χ0n) is 18.7. The molecule has 33 heavy (non-hydrogen) atoms. The van der Waals surface area contributed by atoms with Crippen molar-refractivity contribution in [2.45, 2.75) is 13.3 Å². The van der Waals surface area contributed by atoms with Crippen LogP contribution in [-0.4, -0.2) is 45.8 Å². The number of piperazine rings is 1. The van der Waals surface area contributed by atoms with Crippen LogP contribution in [0, 0.1) is 0 Å². The Morgan fingerprint density at radius 1 is 0.879 bits per heavy atom. The van der Waals surface area contributed by atoms with Crippen molar-refractivity contribution >= 4 is 22.2 Å². The van der Waals surface area contributed by atoms with Gasteiger partial charge in [0.1, 0.15) is 0 Å². The van der Waals surface area contributed by atoms with E-state index in [1.165, 1.54) is 11.3 Å². The summed E-state index contributed by atoms with van der Waals surface area (Å²) in [5.74, 6) is 0. The number of hydrogen-bond acceptors (Lipinski definition) is 5. The molecular formula is C27H26N6. The van der Waals surface area contributed by atoms with Crippen molar-refractivity contribution in [2.24, 2.45) is 0 Å². The van der Waals surface area contributed by atoms with E-state index in [1.807, 2.05) is 23.1 Å².